The van der Waals surface area contributed by atoms with Crippen molar-refractivity contribution in [1.29, 1.82) is 0 Å². The number of nitrogens with one attached hydrogen (secondary N) is 1. The molecule has 25 heavy (non-hydrogen) atoms. The number of aromatic nitrogens is 1. The van der Waals surface area contributed by atoms with Crippen LogP contribution >= 0.6 is 0 Å². The van der Waals surface area contributed by atoms with Crippen LogP contribution in [0.15, 0.2) is 24.3 Å². The van der Waals surface area contributed by atoms with Gasteiger partial charge >= 0.3 is 5.97 Å². The van der Waals surface area contributed by atoms with Crippen molar-refractivity contribution >= 4 is 16.9 Å². The van der Waals surface area contributed by atoms with Crippen molar-refractivity contribution in [2.45, 2.75) is 38.8 Å². The Balaban J connectivity index is 1.41. The van der Waals surface area contributed by atoms with E-state index in [0.29, 0.717) is 11.6 Å². The molecular weight excluding hydrogens is 314 g/mol. The fourth-order valence-corrected chi connectivity index (χ4v) is 4.64. The fraction of sp³-hybridized carbons (Fsp3) is 0.550. The van der Waals surface area contributed by atoms with Gasteiger partial charge in [-0.2, -0.15) is 0 Å². The fourth-order valence-electron chi connectivity index (χ4n) is 4.64. The zero-order valence-electron chi connectivity index (χ0n) is 14.9. The molecule has 0 unspecified atom stereocenters. The number of carboxylic acid groups (broad SMARTS) is 1. The number of piperidine rings is 3. The van der Waals surface area contributed by atoms with Gasteiger partial charge in [0, 0.05) is 30.2 Å². The lowest BCUT2D eigenvalue weighted by molar-refractivity contribution is 0.0698. The summed E-state index contributed by atoms with van der Waals surface area (Å²) in [7, 11) is 0. The van der Waals surface area contributed by atoms with Gasteiger partial charge in [-0.3, -0.25) is 0 Å². The summed E-state index contributed by atoms with van der Waals surface area (Å²) in [5, 5.41) is 14.3. The van der Waals surface area contributed by atoms with E-state index >= 15 is 0 Å². The minimum absolute atomic E-state index is 0.399. The summed E-state index contributed by atoms with van der Waals surface area (Å²) in [5.41, 5.74) is 2.39. The van der Waals surface area contributed by atoms with Gasteiger partial charge in [0.15, 0.2) is 0 Å². The average Bonchev–Trinajstić information content (AvgIpc) is 2.95. The summed E-state index contributed by atoms with van der Waals surface area (Å²) in [5.74, 6) is -0.00638. The molecule has 0 saturated carbocycles. The number of carboxylic acids is 1. The molecule has 1 atom stereocenters. The van der Waals surface area contributed by atoms with Crippen LogP contribution in [0.5, 0.6) is 0 Å². The van der Waals surface area contributed by atoms with E-state index in [1.54, 1.807) is 6.07 Å². The number of aromatic carboxylic acids is 1. The highest BCUT2D eigenvalue weighted by Gasteiger charge is 2.33. The molecule has 2 aromatic rings. The molecule has 0 spiro atoms. The first kappa shape index (κ1) is 16.6. The van der Waals surface area contributed by atoms with Gasteiger partial charge < -0.3 is 19.9 Å². The molecule has 0 aliphatic carbocycles. The molecule has 1 aromatic carbocycles. The second-order valence-electron chi connectivity index (χ2n) is 7.54. The first-order valence-electron chi connectivity index (χ1n) is 9.41. The monoisotopic (exact) mass is 341 g/mol. The van der Waals surface area contributed by atoms with Crippen LogP contribution in [0.1, 0.15) is 35.3 Å². The molecule has 5 rings (SSSR count). The number of hydrogen-bond donors (Lipinski definition) is 2. The zero-order chi connectivity index (χ0) is 17.4. The molecule has 5 nitrogen and oxygen atoms in total. The maximum atomic E-state index is 11.6. The van der Waals surface area contributed by atoms with Crippen molar-refractivity contribution in [1.82, 2.24) is 14.8 Å². The Kier molecular flexibility index (Phi) is 4.52. The highest BCUT2D eigenvalue weighted by Crippen LogP contribution is 2.27. The quantitative estimate of drug-likeness (QED) is 0.793. The molecule has 2 N–H and O–H groups in total. The van der Waals surface area contributed by atoms with Gasteiger partial charge in [0.1, 0.15) is 0 Å². The van der Waals surface area contributed by atoms with Gasteiger partial charge in [-0.15, -0.1) is 0 Å². The van der Waals surface area contributed by atoms with Crippen LogP contribution in [-0.4, -0.2) is 52.8 Å². The minimum Gasteiger partial charge on any atom is -0.478 e. The van der Waals surface area contributed by atoms with Crippen LogP contribution in [0.2, 0.25) is 0 Å². The molecule has 134 valence electrons. The van der Waals surface area contributed by atoms with E-state index in [-0.39, 0.29) is 0 Å². The number of benzene rings is 1. The van der Waals surface area contributed by atoms with Crippen LogP contribution in [0.3, 0.4) is 0 Å². The predicted octanol–water partition coefficient (Wildman–Crippen LogP) is 2.72. The summed E-state index contributed by atoms with van der Waals surface area (Å²) in [6.07, 6.45) is 3.68. The molecule has 3 aliphatic heterocycles. The molecule has 1 aromatic heterocycles. The largest absolute Gasteiger partial charge is 0.478 e. The maximum Gasteiger partial charge on any atom is 0.337 e. The average molecular weight is 341 g/mol. The predicted molar refractivity (Wildman–Crippen MR) is 99.2 cm³/mol. The SMILES string of the molecule is Cc1cc2cccc(C(=O)O)c2n1CCCN[C@@H]1CN2CCC1CC2. The topological polar surface area (TPSA) is 57.5 Å². The molecule has 0 radical (unpaired) electrons. The lowest BCUT2D eigenvalue weighted by atomic mass is 9.84. The lowest BCUT2D eigenvalue weighted by Gasteiger charge is -2.45. The van der Waals surface area contributed by atoms with Crippen molar-refractivity contribution in [3.63, 3.8) is 0 Å². The molecule has 4 heterocycles. The molecule has 3 aliphatic rings. The molecule has 2 bridgehead atoms. The summed E-state index contributed by atoms with van der Waals surface area (Å²) >= 11 is 0. The van der Waals surface area contributed by atoms with Crippen LogP contribution in [-0.2, 0) is 6.54 Å². The number of para-hydroxylation sites is 1. The molecule has 5 heteroatoms. The van der Waals surface area contributed by atoms with Crippen LogP contribution in [0, 0.1) is 12.8 Å². The van der Waals surface area contributed by atoms with Crippen LogP contribution in [0.25, 0.3) is 10.9 Å². The summed E-state index contributed by atoms with van der Waals surface area (Å²) in [4.78, 5) is 14.1. The standard InChI is InChI=1S/C20H27N3O2/c1-14-12-16-4-2-5-17(20(24)25)19(16)23(14)9-3-8-21-18-13-22-10-6-15(18)7-11-22/h2,4-5,12,15,18,21H,3,6-11,13H2,1H3,(H,24,25)/t18-/m1/s1. The summed E-state index contributed by atoms with van der Waals surface area (Å²) in [6.45, 7) is 7.65. The number of fused-ring (bicyclic) bond motifs is 4. The number of carbonyl (C=O) groups is 1. The number of rotatable bonds is 6. The summed E-state index contributed by atoms with van der Waals surface area (Å²) in [6, 6.07) is 8.25. The van der Waals surface area contributed by atoms with Crippen LogP contribution < -0.4 is 5.32 Å². The van der Waals surface area contributed by atoms with Gasteiger partial charge in [0.05, 0.1) is 11.1 Å². The Morgan fingerprint density at radius 3 is 2.80 bits per heavy atom. The third-order valence-corrected chi connectivity index (χ3v) is 5.98. The van der Waals surface area contributed by atoms with Crippen molar-refractivity contribution in [3.05, 3.63) is 35.5 Å². The second kappa shape index (κ2) is 6.81. The first-order chi connectivity index (χ1) is 12.1. The Bertz CT molecular complexity index is 775. The maximum absolute atomic E-state index is 11.6. The summed E-state index contributed by atoms with van der Waals surface area (Å²) < 4.78 is 2.16. The van der Waals surface area contributed by atoms with E-state index in [1.165, 1.54) is 32.5 Å². The highest BCUT2D eigenvalue weighted by molar-refractivity contribution is 6.02. The van der Waals surface area contributed by atoms with E-state index in [9.17, 15) is 9.90 Å². The molecule has 3 saturated heterocycles. The van der Waals surface area contributed by atoms with E-state index in [2.05, 4.69) is 27.8 Å². The van der Waals surface area contributed by atoms with E-state index in [0.717, 1.165) is 42.0 Å². The van der Waals surface area contributed by atoms with E-state index in [1.807, 2.05) is 12.1 Å². The normalized spacial score (nSPS) is 25.6. The molecular formula is C20H27N3O2. The highest BCUT2D eigenvalue weighted by atomic mass is 16.4. The van der Waals surface area contributed by atoms with Gasteiger partial charge in [-0.25, -0.2) is 4.79 Å². The smallest absolute Gasteiger partial charge is 0.337 e. The third-order valence-electron chi connectivity index (χ3n) is 5.98. The number of hydrogen-bond acceptors (Lipinski definition) is 3. The Labute approximate surface area is 148 Å². The van der Waals surface area contributed by atoms with Crippen molar-refractivity contribution in [2.75, 3.05) is 26.2 Å². The van der Waals surface area contributed by atoms with E-state index < -0.39 is 5.97 Å². The molecule has 3 fully saturated rings. The minimum atomic E-state index is -0.852. The zero-order valence-corrected chi connectivity index (χ0v) is 14.9. The van der Waals surface area contributed by atoms with Crippen LogP contribution in [0.4, 0.5) is 0 Å². The Hall–Kier alpha value is -1.85. The van der Waals surface area contributed by atoms with Crippen molar-refractivity contribution < 1.29 is 9.90 Å². The van der Waals surface area contributed by atoms with E-state index in [4.69, 9.17) is 0 Å². The molecule has 0 amide bonds. The van der Waals surface area contributed by atoms with Crippen molar-refractivity contribution in [3.8, 4) is 0 Å². The number of aryl methyl sites for hydroxylation is 2. The third kappa shape index (κ3) is 3.18. The van der Waals surface area contributed by atoms with Gasteiger partial charge in [-0.1, -0.05) is 12.1 Å². The van der Waals surface area contributed by atoms with Gasteiger partial charge in [0.25, 0.3) is 0 Å². The van der Waals surface area contributed by atoms with Crippen molar-refractivity contribution in [2.24, 2.45) is 5.92 Å². The van der Waals surface area contributed by atoms with Gasteiger partial charge in [-0.05, 0) is 63.9 Å². The first-order valence-corrected chi connectivity index (χ1v) is 9.41. The number of nitrogens with zero attached hydrogens (tertiary/aromatic N) is 2. The lowest BCUT2D eigenvalue weighted by Crippen LogP contribution is -2.56. The Morgan fingerprint density at radius 2 is 2.12 bits per heavy atom. The second-order valence-corrected chi connectivity index (χ2v) is 7.54. The Morgan fingerprint density at radius 1 is 1.32 bits per heavy atom. The van der Waals surface area contributed by atoms with Gasteiger partial charge in [0.2, 0.25) is 0 Å².